The minimum absolute atomic E-state index is 0.0252. The summed E-state index contributed by atoms with van der Waals surface area (Å²) < 4.78 is 53.3. The van der Waals surface area contributed by atoms with Gasteiger partial charge in [-0.05, 0) is 61.4 Å². The van der Waals surface area contributed by atoms with Crippen molar-refractivity contribution >= 4 is 50.7 Å². The van der Waals surface area contributed by atoms with Crippen LogP contribution in [0.3, 0.4) is 0 Å². The molecule has 0 fully saturated rings. The SMILES string of the molecule is COc1ccc(S(=O)(=O)N(CC(=O)N(Cc2c(Cl)cccc2Cl)[C@H](C)C(=O)NCC(C)C)c2ccc(F)cc2)cc1OC. The van der Waals surface area contributed by atoms with Gasteiger partial charge in [-0.15, -0.1) is 0 Å². The Morgan fingerprint density at radius 3 is 2.09 bits per heavy atom. The van der Waals surface area contributed by atoms with Crippen molar-refractivity contribution in [3.8, 4) is 11.5 Å². The maximum Gasteiger partial charge on any atom is 0.264 e. The third-order valence-corrected chi connectivity index (χ3v) is 9.06. The van der Waals surface area contributed by atoms with Crippen LogP contribution in [-0.2, 0) is 26.2 Å². The van der Waals surface area contributed by atoms with Gasteiger partial charge in [-0.1, -0.05) is 43.1 Å². The van der Waals surface area contributed by atoms with Gasteiger partial charge in [-0.3, -0.25) is 13.9 Å². The number of benzene rings is 3. The topological polar surface area (TPSA) is 105 Å². The number of ether oxygens (including phenoxy) is 2. The van der Waals surface area contributed by atoms with Crippen molar-refractivity contribution in [2.75, 3.05) is 31.6 Å². The molecule has 3 rings (SSSR count). The molecule has 0 aliphatic carbocycles. The molecule has 0 heterocycles. The molecule has 0 radical (unpaired) electrons. The molecular formula is C30H34Cl2FN3O6S. The number of amides is 2. The number of anilines is 1. The first-order valence-corrected chi connectivity index (χ1v) is 15.5. The van der Waals surface area contributed by atoms with Gasteiger partial charge < -0.3 is 19.7 Å². The van der Waals surface area contributed by atoms with Crippen LogP contribution in [0.1, 0.15) is 26.3 Å². The Hall–Kier alpha value is -3.54. The van der Waals surface area contributed by atoms with Crippen LogP contribution in [-0.4, -0.2) is 58.5 Å². The zero-order chi connectivity index (χ0) is 31.9. The molecule has 9 nitrogen and oxygen atoms in total. The molecule has 13 heteroatoms. The molecule has 2 amide bonds. The van der Waals surface area contributed by atoms with E-state index in [0.717, 1.165) is 16.4 Å². The second-order valence-electron chi connectivity index (χ2n) is 10.0. The zero-order valence-electron chi connectivity index (χ0n) is 24.4. The highest BCUT2D eigenvalue weighted by Crippen LogP contribution is 2.33. The third kappa shape index (κ3) is 8.31. The van der Waals surface area contributed by atoms with E-state index in [1.807, 2.05) is 13.8 Å². The lowest BCUT2D eigenvalue weighted by Crippen LogP contribution is -2.51. The maximum atomic E-state index is 14.0. The molecular weight excluding hydrogens is 620 g/mol. The molecule has 0 unspecified atom stereocenters. The van der Waals surface area contributed by atoms with Gasteiger partial charge in [0.2, 0.25) is 11.8 Å². The Labute approximate surface area is 261 Å². The first-order chi connectivity index (χ1) is 20.3. The van der Waals surface area contributed by atoms with Crippen LogP contribution in [0.4, 0.5) is 10.1 Å². The first-order valence-electron chi connectivity index (χ1n) is 13.3. The van der Waals surface area contributed by atoms with Gasteiger partial charge in [0.15, 0.2) is 11.5 Å². The van der Waals surface area contributed by atoms with Crippen molar-refractivity contribution < 1.29 is 31.9 Å². The minimum Gasteiger partial charge on any atom is -0.493 e. The highest BCUT2D eigenvalue weighted by molar-refractivity contribution is 7.92. The largest absolute Gasteiger partial charge is 0.493 e. The molecule has 0 bridgehead atoms. The maximum absolute atomic E-state index is 14.0. The Bertz CT molecular complexity index is 1530. The van der Waals surface area contributed by atoms with Crippen molar-refractivity contribution in [1.29, 1.82) is 0 Å². The summed E-state index contributed by atoms with van der Waals surface area (Å²) in [6.45, 7) is 4.85. The van der Waals surface area contributed by atoms with Crippen LogP contribution in [0.15, 0.2) is 65.6 Å². The van der Waals surface area contributed by atoms with Crippen LogP contribution in [0.25, 0.3) is 0 Å². The van der Waals surface area contributed by atoms with Crippen LogP contribution in [0, 0.1) is 11.7 Å². The lowest BCUT2D eigenvalue weighted by atomic mass is 10.1. The van der Waals surface area contributed by atoms with Crippen molar-refractivity contribution in [3.05, 3.63) is 82.1 Å². The quantitative estimate of drug-likeness (QED) is 0.260. The summed E-state index contributed by atoms with van der Waals surface area (Å²) in [6.07, 6.45) is 0. The smallest absolute Gasteiger partial charge is 0.264 e. The second kappa shape index (κ2) is 14.8. The molecule has 232 valence electrons. The van der Waals surface area contributed by atoms with E-state index in [1.54, 1.807) is 18.2 Å². The summed E-state index contributed by atoms with van der Waals surface area (Å²) in [6, 6.07) is 12.5. The first kappa shape index (κ1) is 34.0. The fourth-order valence-electron chi connectivity index (χ4n) is 4.13. The molecule has 0 saturated carbocycles. The highest BCUT2D eigenvalue weighted by atomic mass is 35.5. The molecule has 3 aromatic carbocycles. The molecule has 0 aliphatic heterocycles. The van der Waals surface area contributed by atoms with E-state index < -0.39 is 40.2 Å². The lowest BCUT2D eigenvalue weighted by molar-refractivity contribution is -0.139. The number of rotatable bonds is 13. The molecule has 1 N–H and O–H groups in total. The molecule has 3 aromatic rings. The average molecular weight is 655 g/mol. The normalized spacial score (nSPS) is 12.0. The number of methoxy groups -OCH3 is 2. The van der Waals surface area contributed by atoms with Gasteiger partial charge in [0.1, 0.15) is 18.4 Å². The van der Waals surface area contributed by atoms with Crippen LogP contribution in [0.5, 0.6) is 11.5 Å². The van der Waals surface area contributed by atoms with Gasteiger partial charge in [0, 0.05) is 34.8 Å². The average Bonchev–Trinajstić information content (AvgIpc) is 2.98. The second-order valence-corrected chi connectivity index (χ2v) is 12.7. The number of sulfonamides is 1. The van der Waals surface area contributed by atoms with E-state index in [1.165, 1.54) is 56.4 Å². The molecule has 0 spiro atoms. The third-order valence-electron chi connectivity index (χ3n) is 6.58. The van der Waals surface area contributed by atoms with Crippen molar-refractivity contribution in [1.82, 2.24) is 10.2 Å². The van der Waals surface area contributed by atoms with Crippen LogP contribution < -0.4 is 19.1 Å². The number of hydrogen-bond donors (Lipinski definition) is 1. The minimum atomic E-state index is -4.43. The highest BCUT2D eigenvalue weighted by Gasteiger charge is 2.33. The molecule has 0 aromatic heterocycles. The number of nitrogens with one attached hydrogen (secondary N) is 1. The van der Waals surface area contributed by atoms with Crippen molar-refractivity contribution in [3.63, 3.8) is 0 Å². The number of nitrogens with zero attached hydrogens (tertiary/aromatic N) is 2. The van der Waals surface area contributed by atoms with Gasteiger partial charge >= 0.3 is 0 Å². The Morgan fingerprint density at radius 1 is 0.930 bits per heavy atom. The Balaban J connectivity index is 2.09. The molecule has 43 heavy (non-hydrogen) atoms. The molecule has 1 atom stereocenters. The predicted molar refractivity (Wildman–Crippen MR) is 165 cm³/mol. The van der Waals surface area contributed by atoms with Gasteiger partial charge in [-0.25, -0.2) is 12.8 Å². The molecule has 0 aliphatic rings. The number of carbonyl (C=O) groups is 2. The molecule has 0 saturated heterocycles. The Kier molecular flexibility index (Phi) is 11.7. The van der Waals surface area contributed by atoms with E-state index in [2.05, 4.69) is 5.32 Å². The summed E-state index contributed by atoms with van der Waals surface area (Å²) >= 11 is 12.8. The summed E-state index contributed by atoms with van der Waals surface area (Å²) in [5.74, 6) is -1.16. The fourth-order valence-corrected chi connectivity index (χ4v) is 6.08. The monoisotopic (exact) mass is 653 g/mol. The summed E-state index contributed by atoms with van der Waals surface area (Å²) in [5, 5.41) is 3.35. The van der Waals surface area contributed by atoms with Gasteiger partial charge in [0.25, 0.3) is 10.0 Å². The predicted octanol–water partition coefficient (Wildman–Crippen LogP) is 5.53. The van der Waals surface area contributed by atoms with E-state index in [9.17, 15) is 22.4 Å². The standard InChI is InChI=1S/C30H34Cl2FN3O6S/c1-19(2)16-34-30(38)20(3)35(17-24-25(31)7-6-8-26(24)32)29(37)18-36(22-11-9-21(33)10-12-22)43(39,40)23-13-14-27(41-4)28(15-23)42-5/h6-15,19-20H,16-18H2,1-5H3,(H,34,38)/t20-/m1/s1. The van der Waals surface area contributed by atoms with Crippen molar-refractivity contribution in [2.24, 2.45) is 5.92 Å². The van der Waals surface area contributed by atoms with E-state index in [4.69, 9.17) is 32.7 Å². The number of hydrogen-bond acceptors (Lipinski definition) is 6. The summed E-state index contributed by atoms with van der Waals surface area (Å²) in [7, 11) is -1.66. The van der Waals surface area contributed by atoms with Crippen LogP contribution >= 0.6 is 23.2 Å². The van der Waals surface area contributed by atoms with E-state index in [0.29, 0.717) is 17.9 Å². The lowest BCUT2D eigenvalue weighted by Gasteiger charge is -2.32. The Morgan fingerprint density at radius 2 is 1.53 bits per heavy atom. The number of carbonyl (C=O) groups excluding carboxylic acids is 2. The van der Waals surface area contributed by atoms with Crippen molar-refractivity contribution in [2.45, 2.75) is 38.3 Å². The fraction of sp³-hybridized carbons (Fsp3) is 0.333. The van der Waals surface area contributed by atoms with E-state index >= 15 is 0 Å². The zero-order valence-corrected chi connectivity index (χ0v) is 26.8. The summed E-state index contributed by atoms with van der Waals surface area (Å²) in [5.41, 5.74) is 0.413. The number of halogens is 3. The van der Waals surface area contributed by atoms with Gasteiger partial charge in [-0.2, -0.15) is 0 Å². The van der Waals surface area contributed by atoms with E-state index in [-0.39, 0.29) is 38.8 Å². The summed E-state index contributed by atoms with van der Waals surface area (Å²) in [4.78, 5) is 28.2. The van der Waals surface area contributed by atoms with Gasteiger partial charge in [0.05, 0.1) is 24.8 Å². The van der Waals surface area contributed by atoms with Crippen LogP contribution in [0.2, 0.25) is 10.0 Å².